The van der Waals surface area contributed by atoms with Crippen molar-refractivity contribution in [1.82, 2.24) is 0 Å². The van der Waals surface area contributed by atoms with E-state index in [4.69, 9.17) is 5.11 Å². The number of rotatable bonds is 5. The molecular weight excluding hydrogens is 144 g/mol. The van der Waals surface area contributed by atoms with Crippen LogP contribution in [0.2, 0.25) is 0 Å². The molecule has 0 bridgehead atoms. The van der Waals surface area contributed by atoms with E-state index in [0.717, 1.165) is 0 Å². The second kappa shape index (κ2) is 4.88. The zero-order valence-electron chi connectivity index (χ0n) is 6.96. The number of hydrogen-bond donors (Lipinski definition) is 1. The third-order valence-corrected chi connectivity index (χ3v) is 1.67. The predicted molar refractivity (Wildman–Crippen MR) is 41.3 cm³/mol. The highest BCUT2D eigenvalue weighted by Crippen LogP contribution is 2.06. The van der Waals surface area contributed by atoms with Crippen molar-refractivity contribution in [2.24, 2.45) is 5.92 Å². The van der Waals surface area contributed by atoms with Gasteiger partial charge >= 0.3 is 5.97 Å². The van der Waals surface area contributed by atoms with E-state index in [9.17, 15) is 9.59 Å². The van der Waals surface area contributed by atoms with Crippen LogP contribution in [0.15, 0.2) is 0 Å². The molecule has 0 rings (SSSR count). The maximum Gasteiger partial charge on any atom is 0.306 e. The van der Waals surface area contributed by atoms with Crippen molar-refractivity contribution in [2.75, 3.05) is 0 Å². The highest BCUT2D eigenvalue weighted by atomic mass is 16.4. The van der Waals surface area contributed by atoms with Crippen molar-refractivity contribution in [2.45, 2.75) is 33.1 Å². The Bertz CT molecular complexity index is 151. The second-order valence-electron chi connectivity index (χ2n) is 2.67. The summed E-state index contributed by atoms with van der Waals surface area (Å²) in [6.45, 7) is 3.40. The fourth-order valence-electron chi connectivity index (χ4n) is 0.678. The molecule has 0 aliphatic rings. The summed E-state index contributed by atoms with van der Waals surface area (Å²) in [4.78, 5) is 21.0. The summed E-state index contributed by atoms with van der Waals surface area (Å²) in [5, 5.41) is 8.46. The van der Waals surface area contributed by atoms with Gasteiger partial charge in [0.05, 0.1) is 5.92 Å². The molecule has 0 spiro atoms. The maximum absolute atomic E-state index is 10.7. The van der Waals surface area contributed by atoms with Gasteiger partial charge in [-0.15, -0.1) is 0 Å². The van der Waals surface area contributed by atoms with Crippen LogP contribution in [0.1, 0.15) is 33.1 Å². The number of carboxylic acid groups (broad SMARTS) is 1. The molecule has 64 valence electrons. The van der Waals surface area contributed by atoms with Gasteiger partial charge < -0.3 is 5.11 Å². The Morgan fingerprint density at radius 1 is 1.45 bits per heavy atom. The minimum Gasteiger partial charge on any atom is -0.481 e. The van der Waals surface area contributed by atoms with Crippen LogP contribution in [-0.4, -0.2) is 16.9 Å². The summed E-state index contributed by atoms with van der Waals surface area (Å²) in [6.07, 6.45) is 1.36. The van der Waals surface area contributed by atoms with Crippen LogP contribution in [0.25, 0.3) is 0 Å². The molecule has 0 aliphatic heterocycles. The molecular formula is C8H14O3. The first-order chi connectivity index (χ1) is 5.07. The highest BCUT2D eigenvalue weighted by molar-refractivity contribution is 5.78. The Hall–Kier alpha value is -0.860. The monoisotopic (exact) mass is 158 g/mol. The minimum atomic E-state index is -0.825. The minimum absolute atomic E-state index is 0.137. The Kier molecular flexibility index (Phi) is 4.50. The van der Waals surface area contributed by atoms with Gasteiger partial charge in [0.25, 0.3) is 0 Å². The Labute approximate surface area is 66.4 Å². The lowest BCUT2D eigenvalue weighted by molar-refractivity contribution is -0.141. The van der Waals surface area contributed by atoms with E-state index in [-0.39, 0.29) is 5.78 Å². The highest BCUT2D eigenvalue weighted by Gasteiger charge is 2.11. The van der Waals surface area contributed by atoms with Gasteiger partial charge in [0.15, 0.2) is 0 Å². The zero-order valence-corrected chi connectivity index (χ0v) is 6.96. The molecule has 1 N–H and O–H groups in total. The summed E-state index contributed by atoms with van der Waals surface area (Å²) in [5.74, 6) is -1.09. The van der Waals surface area contributed by atoms with E-state index >= 15 is 0 Å². The maximum atomic E-state index is 10.7. The summed E-state index contributed by atoms with van der Waals surface area (Å²) in [6, 6.07) is 0. The van der Waals surface area contributed by atoms with Crippen LogP contribution < -0.4 is 0 Å². The Balaban J connectivity index is 3.54. The van der Waals surface area contributed by atoms with Crippen molar-refractivity contribution in [1.29, 1.82) is 0 Å². The number of hydrogen-bond acceptors (Lipinski definition) is 2. The van der Waals surface area contributed by atoms with Crippen LogP contribution in [0.3, 0.4) is 0 Å². The fraction of sp³-hybridized carbons (Fsp3) is 0.750. The van der Waals surface area contributed by atoms with Gasteiger partial charge in [-0.25, -0.2) is 0 Å². The molecule has 0 amide bonds. The molecule has 1 unspecified atom stereocenters. The first kappa shape index (κ1) is 10.1. The molecule has 3 nitrogen and oxygen atoms in total. The lowest BCUT2D eigenvalue weighted by Gasteiger charge is -2.02. The number of carbonyl (C=O) groups excluding carboxylic acids is 1. The average Bonchev–Trinajstić information content (AvgIpc) is 1.99. The van der Waals surface area contributed by atoms with E-state index in [2.05, 4.69) is 0 Å². The standard InChI is InChI=1S/C8H14O3/c1-3-7(9)5-4-6(2)8(10)11/h6H,3-5H2,1-2H3,(H,10,11). The molecule has 0 radical (unpaired) electrons. The first-order valence-corrected chi connectivity index (χ1v) is 3.82. The molecule has 0 aromatic rings. The number of ketones is 1. The van der Waals surface area contributed by atoms with Crippen molar-refractivity contribution in [3.8, 4) is 0 Å². The van der Waals surface area contributed by atoms with Crippen LogP contribution in [0.4, 0.5) is 0 Å². The Morgan fingerprint density at radius 2 is 2.00 bits per heavy atom. The largest absolute Gasteiger partial charge is 0.481 e. The van der Waals surface area contributed by atoms with Crippen LogP contribution in [-0.2, 0) is 9.59 Å². The van der Waals surface area contributed by atoms with Crippen LogP contribution >= 0.6 is 0 Å². The zero-order chi connectivity index (χ0) is 8.85. The second-order valence-corrected chi connectivity index (χ2v) is 2.67. The molecule has 3 heteroatoms. The van der Waals surface area contributed by atoms with Gasteiger partial charge in [-0.1, -0.05) is 13.8 Å². The van der Waals surface area contributed by atoms with E-state index in [1.807, 2.05) is 0 Å². The number of Topliss-reactive ketones (excluding diaryl/α,β-unsaturated/α-hetero) is 1. The molecule has 0 aromatic heterocycles. The topological polar surface area (TPSA) is 54.4 Å². The molecule has 0 fully saturated rings. The lowest BCUT2D eigenvalue weighted by Crippen LogP contribution is -2.11. The summed E-state index contributed by atoms with van der Waals surface area (Å²) in [7, 11) is 0. The Morgan fingerprint density at radius 3 is 2.36 bits per heavy atom. The average molecular weight is 158 g/mol. The molecule has 1 atom stereocenters. The summed E-state index contributed by atoms with van der Waals surface area (Å²) >= 11 is 0. The smallest absolute Gasteiger partial charge is 0.306 e. The van der Waals surface area contributed by atoms with Crippen molar-refractivity contribution in [3.63, 3.8) is 0 Å². The molecule has 0 heterocycles. The van der Waals surface area contributed by atoms with Crippen molar-refractivity contribution in [3.05, 3.63) is 0 Å². The van der Waals surface area contributed by atoms with Gasteiger partial charge in [0.1, 0.15) is 5.78 Å². The molecule has 0 aliphatic carbocycles. The van der Waals surface area contributed by atoms with Crippen molar-refractivity contribution >= 4 is 11.8 Å². The summed E-state index contributed by atoms with van der Waals surface area (Å²) in [5.41, 5.74) is 0. The van der Waals surface area contributed by atoms with Crippen LogP contribution in [0.5, 0.6) is 0 Å². The third kappa shape index (κ3) is 4.53. The first-order valence-electron chi connectivity index (χ1n) is 3.82. The predicted octanol–water partition coefficient (Wildman–Crippen LogP) is 1.47. The van der Waals surface area contributed by atoms with Gasteiger partial charge in [-0.2, -0.15) is 0 Å². The number of carboxylic acids is 1. The van der Waals surface area contributed by atoms with Crippen molar-refractivity contribution < 1.29 is 14.7 Å². The third-order valence-electron chi connectivity index (χ3n) is 1.67. The van der Waals surface area contributed by atoms with E-state index < -0.39 is 11.9 Å². The number of aliphatic carboxylic acids is 1. The molecule has 11 heavy (non-hydrogen) atoms. The van der Waals surface area contributed by atoms with Gasteiger partial charge in [-0.3, -0.25) is 9.59 Å². The summed E-state index contributed by atoms with van der Waals surface area (Å²) < 4.78 is 0. The van der Waals surface area contributed by atoms with Crippen LogP contribution in [0, 0.1) is 5.92 Å². The molecule has 0 saturated heterocycles. The van der Waals surface area contributed by atoms with Gasteiger partial charge in [0, 0.05) is 12.8 Å². The SMILES string of the molecule is CCC(=O)CCC(C)C(=O)O. The van der Waals surface area contributed by atoms with E-state index in [1.165, 1.54) is 0 Å². The van der Waals surface area contributed by atoms with Gasteiger partial charge in [0.2, 0.25) is 0 Å². The molecule has 0 aromatic carbocycles. The molecule has 0 saturated carbocycles. The van der Waals surface area contributed by atoms with Gasteiger partial charge in [-0.05, 0) is 6.42 Å². The quantitative estimate of drug-likeness (QED) is 0.659. The number of carbonyl (C=O) groups is 2. The lowest BCUT2D eigenvalue weighted by atomic mass is 10.0. The van der Waals surface area contributed by atoms with E-state index in [1.54, 1.807) is 13.8 Å². The fourth-order valence-corrected chi connectivity index (χ4v) is 0.678. The van der Waals surface area contributed by atoms with E-state index in [0.29, 0.717) is 19.3 Å². The normalized spacial score (nSPS) is 12.5.